The van der Waals surface area contributed by atoms with Gasteiger partial charge in [0.25, 0.3) is 0 Å². The lowest BCUT2D eigenvalue weighted by Crippen LogP contribution is -2.18. The molecule has 5 nitrogen and oxygen atoms in total. The minimum Gasteiger partial charge on any atom is -0.289 e. The Morgan fingerprint density at radius 1 is 1.00 bits per heavy atom. The average molecular weight is 296 g/mol. The normalized spacial score (nSPS) is 22.7. The third kappa shape index (κ3) is 2.79. The SMILES string of the molecule is CC1CC(=Cc2ccnn2C)C(=O)C(=Cc2ccnn2C)C1. The third-order valence-corrected chi connectivity index (χ3v) is 4.08. The van der Waals surface area contributed by atoms with E-state index in [1.165, 1.54) is 0 Å². The van der Waals surface area contributed by atoms with Crippen molar-refractivity contribution < 1.29 is 4.79 Å². The number of carbonyl (C=O) groups is 1. The molecule has 0 aliphatic heterocycles. The number of allylic oxidation sites excluding steroid dienone is 2. The zero-order valence-corrected chi connectivity index (χ0v) is 13.2. The Morgan fingerprint density at radius 2 is 1.45 bits per heavy atom. The van der Waals surface area contributed by atoms with Crippen molar-refractivity contribution in [3.05, 3.63) is 47.1 Å². The maximum absolute atomic E-state index is 12.8. The van der Waals surface area contributed by atoms with Gasteiger partial charge in [-0.25, -0.2) is 0 Å². The summed E-state index contributed by atoms with van der Waals surface area (Å²) in [4.78, 5) is 12.8. The Morgan fingerprint density at radius 3 is 1.82 bits per heavy atom. The number of Topliss-reactive ketones (excluding diaryl/α,β-unsaturated/α-hetero) is 1. The Kier molecular flexibility index (Phi) is 3.79. The van der Waals surface area contributed by atoms with Crippen molar-refractivity contribution in [3.8, 4) is 0 Å². The van der Waals surface area contributed by atoms with E-state index < -0.39 is 0 Å². The zero-order valence-electron chi connectivity index (χ0n) is 13.2. The van der Waals surface area contributed by atoms with Gasteiger partial charge in [0.05, 0.1) is 11.4 Å². The summed E-state index contributed by atoms with van der Waals surface area (Å²) in [5, 5.41) is 8.30. The van der Waals surface area contributed by atoms with Gasteiger partial charge in [-0.3, -0.25) is 14.2 Å². The Hall–Kier alpha value is -2.43. The highest BCUT2D eigenvalue weighted by Crippen LogP contribution is 2.31. The number of carbonyl (C=O) groups excluding carboxylic acids is 1. The van der Waals surface area contributed by atoms with Gasteiger partial charge in [-0.2, -0.15) is 10.2 Å². The minimum atomic E-state index is 0.139. The molecule has 5 heteroatoms. The molecule has 0 radical (unpaired) electrons. The Labute approximate surface area is 129 Å². The standard InChI is InChI=1S/C17H20N4O/c1-12-8-13(10-15-4-6-18-20(15)2)17(22)14(9-12)11-16-5-7-19-21(16)3/h4-7,10-12H,8-9H2,1-3H3. The molecular weight excluding hydrogens is 276 g/mol. The highest BCUT2D eigenvalue weighted by molar-refractivity contribution is 6.13. The molecule has 0 aromatic carbocycles. The van der Waals surface area contributed by atoms with Crippen molar-refractivity contribution in [3.63, 3.8) is 0 Å². The van der Waals surface area contributed by atoms with Gasteiger partial charge in [0, 0.05) is 37.6 Å². The Bertz CT molecular complexity index is 701. The summed E-state index contributed by atoms with van der Waals surface area (Å²) in [5.41, 5.74) is 3.63. The molecule has 2 aromatic heterocycles. The molecule has 1 aliphatic carbocycles. The summed E-state index contributed by atoms with van der Waals surface area (Å²) in [6.07, 6.45) is 9.04. The fourth-order valence-electron chi connectivity index (χ4n) is 2.87. The zero-order chi connectivity index (χ0) is 15.7. The number of aryl methyl sites for hydroxylation is 2. The number of hydrogen-bond acceptors (Lipinski definition) is 3. The lowest BCUT2D eigenvalue weighted by molar-refractivity contribution is -0.113. The first-order chi connectivity index (χ1) is 10.5. The molecule has 1 fully saturated rings. The van der Waals surface area contributed by atoms with Crippen LogP contribution in [-0.4, -0.2) is 25.3 Å². The first-order valence-electron chi connectivity index (χ1n) is 7.46. The molecule has 0 unspecified atom stereocenters. The van der Waals surface area contributed by atoms with E-state index in [-0.39, 0.29) is 5.78 Å². The van der Waals surface area contributed by atoms with E-state index in [0.717, 1.165) is 35.4 Å². The average Bonchev–Trinajstić information content (AvgIpc) is 3.05. The van der Waals surface area contributed by atoms with Crippen LogP contribution in [0, 0.1) is 5.92 Å². The van der Waals surface area contributed by atoms with Gasteiger partial charge in [-0.1, -0.05) is 6.92 Å². The molecule has 0 atom stereocenters. The molecular formula is C17H20N4O. The molecule has 2 heterocycles. The second-order valence-corrected chi connectivity index (χ2v) is 5.94. The molecule has 3 rings (SSSR count). The van der Waals surface area contributed by atoms with E-state index in [9.17, 15) is 4.79 Å². The number of ketones is 1. The number of nitrogens with zero attached hydrogens (tertiary/aromatic N) is 4. The summed E-state index contributed by atoms with van der Waals surface area (Å²) in [7, 11) is 3.77. The minimum absolute atomic E-state index is 0.139. The maximum Gasteiger partial charge on any atom is 0.185 e. The van der Waals surface area contributed by atoms with Gasteiger partial charge in [0.1, 0.15) is 0 Å². The molecule has 0 bridgehead atoms. The lowest BCUT2D eigenvalue weighted by atomic mass is 9.81. The summed E-state index contributed by atoms with van der Waals surface area (Å²) >= 11 is 0. The van der Waals surface area contributed by atoms with Crippen molar-refractivity contribution in [2.24, 2.45) is 20.0 Å². The van der Waals surface area contributed by atoms with Gasteiger partial charge >= 0.3 is 0 Å². The Balaban J connectivity index is 1.96. The molecule has 2 aromatic rings. The molecule has 0 amide bonds. The van der Waals surface area contributed by atoms with Crippen molar-refractivity contribution in [1.29, 1.82) is 0 Å². The lowest BCUT2D eigenvalue weighted by Gasteiger charge is -2.22. The van der Waals surface area contributed by atoms with Crippen LogP contribution in [0.4, 0.5) is 0 Å². The molecule has 0 N–H and O–H groups in total. The van der Waals surface area contributed by atoms with Crippen LogP contribution in [0.1, 0.15) is 31.2 Å². The van der Waals surface area contributed by atoms with Crippen molar-refractivity contribution >= 4 is 17.9 Å². The van der Waals surface area contributed by atoms with Gasteiger partial charge in [0.2, 0.25) is 0 Å². The van der Waals surface area contributed by atoms with Gasteiger partial charge < -0.3 is 0 Å². The van der Waals surface area contributed by atoms with Crippen LogP contribution in [0.15, 0.2) is 35.7 Å². The van der Waals surface area contributed by atoms with Crippen LogP contribution >= 0.6 is 0 Å². The van der Waals surface area contributed by atoms with E-state index >= 15 is 0 Å². The van der Waals surface area contributed by atoms with Crippen molar-refractivity contribution in [1.82, 2.24) is 19.6 Å². The van der Waals surface area contributed by atoms with Crippen LogP contribution in [0.2, 0.25) is 0 Å². The van der Waals surface area contributed by atoms with E-state index in [1.807, 2.05) is 38.4 Å². The topological polar surface area (TPSA) is 52.7 Å². The summed E-state index contributed by atoms with van der Waals surface area (Å²) in [5.74, 6) is 0.595. The molecule has 114 valence electrons. The van der Waals surface area contributed by atoms with E-state index in [2.05, 4.69) is 17.1 Å². The van der Waals surface area contributed by atoms with Crippen LogP contribution in [0.25, 0.3) is 12.2 Å². The van der Waals surface area contributed by atoms with E-state index in [1.54, 1.807) is 21.8 Å². The first-order valence-corrected chi connectivity index (χ1v) is 7.46. The third-order valence-electron chi connectivity index (χ3n) is 4.08. The van der Waals surface area contributed by atoms with Crippen molar-refractivity contribution in [2.75, 3.05) is 0 Å². The second kappa shape index (κ2) is 5.75. The van der Waals surface area contributed by atoms with Crippen LogP contribution < -0.4 is 0 Å². The highest BCUT2D eigenvalue weighted by atomic mass is 16.1. The fourth-order valence-corrected chi connectivity index (χ4v) is 2.87. The fraction of sp³-hybridized carbons (Fsp3) is 0.353. The number of hydrogen-bond donors (Lipinski definition) is 0. The second-order valence-electron chi connectivity index (χ2n) is 5.94. The smallest absolute Gasteiger partial charge is 0.185 e. The van der Waals surface area contributed by atoms with Crippen molar-refractivity contribution in [2.45, 2.75) is 19.8 Å². The van der Waals surface area contributed by atoms with E-state index in [0.29, 0.717) is 5.92 Å². The predicted octanol–water partition coefficient (Wildman–Crippen LogP) is 2.62. The maximum atomic E-state index is 12.8. The summed E-state index contributed by atoms with van der Waals surface area (Å²) in [6, 6.07) is 3.84. The monoisotopic (exact) mass is 296 g/mol. The van der Waals surface area contributed by atoms with Crippen LogP contribution in [0.3, 0.4) is 0 Å². The van der Waals surface area contributed by atoms with Gasteiger partial charge in [0.15, 0.2) is 5.78 Å². The highest BCUT2D eigenvalue weighted by Gasteiger charge is 2.25. The van der Waals surface area contributed by atoms with Crippen LogP contribution in [0.5, 0.6) is 0 Å². The largest absolute Gasteiger partial charge is 0.289 e. The summed E-state index contributed by atoms with van der Waals surface area (Å²) in [6.45, 7) is 2.18. The quantitative estimate of drug-likeness (QED) is 0.801. The predicted molar refractivity (Wildman–Crippen MR) is 85.8 cm³/mol. The number of rotatable bonds is 2. The molecule has 0 spiro atoms. The first kappa shape index (κ1) is 14.5. The molecule has 0 saturated heterocycles. The summed E-state index contributed by atoms with van der Waals surface area (Å²) < 4.78 is 3.56. The molecule has 1 saturated carbocycles. The number of aromatic nitrogens is 4. The molecule has 1 aliphatic rings. The molecule has 22 heavy (non-hydrogen) atoms. The van der Waals surface area contributed by atoms with Crippen LogP contribution in [-0.2, 0) is 18.9 Å². The van der Waals surface area contributed by atoms with Gasteiger partial charge in [-0.05, 0) is 43.0 Å². The van der Waals surface area contributed by atoms with E-state index in [4.69, 9.17) is 0 Å². The van der Waals surface area contributed by atoms with Gasteiger partial charge in [-0.15, -0.1) is 0 Å².